The van der Waals surface area contributed by atoms with Gasteiger partial charge in [0.2, 0.25) is 0 Å². The van der Waals surface area contributed by atoms with Crippen LogP contribution in [0, 0.1) is 0 Å². The molecule has 3 aromatic rings. The molecule has 0 radical (unpaired) electrons. The van der Waals surface area contributed by atoms with Crippen molar-refractivity contribution in [2.24, 2.45) is 0 Å². The first kappa shape index (κ1) is 17.8. The molecule has 0 amide bonds. The van der Waals surface area contributed by atoms with Crippen molar-refractivity contribution in [3.63, 3.8) is 0 Å². The predicted octanol–water partition coefficient (Wildman–Crippen LogP) is 3.10. The first-order valence-electron chi connectivity index (χ1n) is 10.2. The Labute approximate surface area is 172 Å². The minimum atomic E-state index is -0.634. The van der Waals surface area contributed by atoms with E-state index in [1.807, 2.05) is 23.9 Å². The molecule has 4 aliphatic rings. The fourth-order valence-corrected chi connectivity index (χ4v) is 4.91. The average Bonchev–Trinajstić information content (AvgIpc) is 3.14. The summed E-state index contributed by atoms with van der Waals surface area (Å²) in [6.45, 7) is 4.21. The van der Waals surface area contributed by atoms with Crippen molar-refractivity contribution < 1.29 is 14.3 Å². The topological polar surface area (TPSA) is 83.7 Å². The number of thiazole rings is 1. The number of nitrogens with zero attached hydrogens (tertiary/aromatic N) is 3. The lowest BCUT2D eigenvalue weighted by Crippen LogP contribution is -2.67. The van der Waals surface area contributed by atoms with Gasteiger partial charge in [0, 0.05) is 41.7 Å². The maximum absolute atomic E-state index is 10.1. The number of ether oxygens (including phenoxy) is 1. The Hall–Kier alpha value is -2.00. The van der Waals surface area contributed by atoms with E-state index in [1.165, 1.54) is 6.42 Å². The fourth-order valence-electron chi connectivity index (χ4n) is 4.35. The monoisotopic (exact) mass is 412 g/mol. The van der Waals surface area contributed by atoms with Crippen molar-refractivity contribution >= 4 is 28.5 Å². The van der Waals surface area contributed by atoms with Crippen LogP contribution in [0.4, 0.5) is 6.01 Å². The number of piperazine rings is 1. The van der Waals surface area contributed by atoms with Crippen molar-refractivity contribution in [2.45, 2.75) is 50.0 Å². The molecule has 2 N–H and O–H groups in total. The number of oxazole rings is 1. The molecule has 8 heteroatoms. The van der Waals surface area contributed by atoms with Crippen molar-refractivity contribution in [3.05, 3.63) is 28.6 Å². The van der Waals surface area contributed by atoms with Crippen molar-refractivity contribution in [1.82, 2.24) is 15.3 Å². The lowest BCUT2D eigenvalue weighted by molar-refractivity contribution is -0.0150. The second-order valence-corrected chi connectivity index (χ2v) is 9.35. The summed E-state index contributed by atoms with van der Waals surface area (Å²) < 4.78 is 12.3. The van der Waals surface area contributed by atoms with Crippen LogP contribution in [-0.2, 0) is 4.74 Å². The number of nitrogens with one attached hydrogen (secondary N) is 1. The zero-order valence-corrected chi connectivity index (χ0v) is 17.1. The van der Waals surface area contributed by atoms with Crippen LogP contribution >= 0.6 is 11.3 Å². The van der Waals surface area contributed by atoms with E-state index < -0.39 is 5.60 Å². The van der Waals surface area contributed by atoms with E-state index >= 15 is 0 Å². The molecular weight excluding hydrogens is 388 g/mol. The molecule has 29 heavy (non-hydrogen) atoms. The zero-order valence-electron chi connectivity index (χ0n) is 16.3. The van der Waals surface area contributed by atoms with Crippen LogP contribution in [0.15, 0.2) is 27.4 Å². The van der Waals surface area contributed by atoms with Gasteiger partial charge >= 0.3 is 0 Å². The second kappa shape index (κ2) is 6.50. The highest BCUT2D eigenvalue weighted by Gasteiger charge is 2.41. The van der Waals surface area contributed by atoms with E-state index in [2.05, 4.69) is 21.3 Å². The van der Waals surface area contributed by atoms with Gasteiger partial charge in [0.05, 0.1) is 29.5 Å². The summed E-state index contributed by atoms with van der Waals surface area (Å²) in [7, 11) is 0. The summed E-state index contributed by atoms with van der Waals surface area (Å²) in [6.07, 6.45) is 2.69. The standard InChI is InChI=1S/C21H24N4O3S/c1-12(27-10-21(26)4-5-21)15-2-3-16(17-9-29-11-22-17)19-18(15)24-20(28-19)25-7-13-6-14(8-25)23-13/h2-3,9,11-14,23,26H,4-8,10H2,1H3. The van der Waals surface area contributed by atoms with Gasteiger partial charge in [-0.2, -0.15) is 4.98 Å². The molecule has 4 fully saturated rings. The van der Waals surface area contributed by atoms with Crippen LogP contribution in [0.3, 0.4) is 0 Å². The third-order valence-corrected chi connectivity index (χ3v) is 6.92. The third kappa shape index (κ3) is 3.15. The summed E-state index contributed by atoms with van der Waals surface area (Å²) in [4.78, 5) is 11.6. The van der Waals surface area contributed by atoms with Crippen LogP contribution in [0.2, 0.25) is 0 Å². The molecule has 1 aromatic carbocycles. The van der Waals surface area contributed by atoms with Gasteiger partial charge in [0.1, 0.15) is 5.52 Å². The molecule has 0 spiro atoms. The molecule has 7 nitrogen and oxygen atoms in total. The molecule has 5 heterocycles. The molecule has 3 unspecified atom stereocenters. The molecule has 1 saturated carbocycles. The van der Waals surface area contributed by atoms with E-state index in [1.54, 1.807) is 11.3 Å². The van der Waals surface area contributed by atoms with Crippen molar-refractivity contribution in [2.75, 3.05) is 24.6 Å². The summed E-state index contributed by atoms with van der Waals surface area (Å²) in [5, 5.41) is 15.7. The van der Waals surface area contributed by atoms with Gasteiger partial charge in [-0.05, 0) is 32.3 Å². The minimum absolute atomic E-state index is 0.180. The van der Waals surface area contributed by atoms with Crippen molar-refractivity contribution in [1.29, 1.82) is 0 Å². The molecule has 3 saturated heterocycles. The van der Waals surface area contributed by atoms with Crippen LogP contribution in [0.25, 0.3) is 22.4 Å². The molecule has 7 rings (SSSR count). The van der Waals surface area contributed by atoms with Gasteiger partial charge in [-0.3, -0.25) is 0 Å². The highest BCUT2D eigenvalue weighted by atomic mass is 32.1. The van der Waals surface area contributed by atoms with Crippen LogP contribution < -0.4 is 10.2 Å². The van der Waals surface area contributed by atoms with Gasteiger partial charge in [-0.15, -0.1) is 11.3 Å². The maximum Gasteiger partial charge on any atom is 0.298 e. The summed E-state index contributed by atoms with van der Waals surface area (Å²) in [5.41, 5.74) is 5.63. The third-order valence-electron chi connectivity index (χ3n) is 6.33. The predicted molar refractivity (Wildman–Crippen MR) is 111 cm³/mol. The number of aromatic nitrogens is 2. The number of anilines is 1. The number of piperidine rings is 1. The maximum atomic E-state index is 10.1. The molecule has 3 aliphatic heterocycles. The quantitative estimate of drug-likeness (QED) is 0.644. The smallest absolute Gasteiger partial charge is 0.298 e. The zero-order chi connectivity index (χ0) is 19.6. The Morgan fingerprint density at radius 1 is 1.38 bits per heavy atom. The minimum Gasteiger partial charge on any atom is -0.423 e. The first-order chi connectivity index (χ1) is 14.1. The lowest BCUT2D eigenvalue weighted by Gasteiger charge is -2.47. The Morgan fingerprint density at radius 3 is 2.86 bits per heavy atom. The lowest BCUT2D eigenvalue weighted by atomic mass is 9.92. The molecule has 2 aromatic heterocycles. The first-order valence-corrected chi connectivity index (χ1v) is 11.2. The van der Waals surface area contributed by atoms with Gasteiger partial charge in [0.25, 0.3) is 6.01 Å². The van der Waals surface area contributed by atoms with Gasteiger partial charge in [0.15, 0.2) is 5.58 Å². The van der Waals surface area contributed by atoms with E-state index in [0.29, 0.717) is 24.7 Å². The normalized spacial score (nSPS) is 25.8. The largest absolute Gasteiger partial charge is 0.423 e. The number of hydrogen-bond donors (Lipinski definition) is 2. The number of aliphatic hydroxyl groups is 1. The Kier molecular flexibility index (Phi) is 4.00. The number of rotatable bonds is 6. The van der Waals surface area contributed by atoms with Crippen LogP contribution in [0.5, 0.6) is 0 Å². The van der Waals surface area contributed by atoms with E-state index in [-0.39, 0.29) is 6.10 Å². The SMILES string of the molecule is CC(OCC1(O)CC1)c1ccc(-c2cscn2)c2oc(N3CC4CC(C3)N4)nc12. The van der Waals surface area contributed by atoms with E-state index in [0.717, 1.165) is 53.9 Å². The van der Waals surface area contributed by atoms with Crippen molar-refractivity contribution in [3.8, 4) is 11.3 Å². The summed E-state index contributed by atoms with van der Waals surface area (Å²) in [6, 6.07) is 5.83. The Bertz CT molecular complexity index is 1030. The van der Waals surface area contributed by atoms with Gasteiger partial charge < -0.3 is 24.5 Å². The highest BCUT2D eigenvalue weighted by molar-refractivity contribution is 7.07. The molecular formula is C21H24N4O3S. The van der Waals surface area contributed by atoms with Crippen LogP contribution in [0.1, 0.15) is 37.9 Å². The Morgan fingerprint density at radius 2 is 2.17 bits per heavy atom. The Balaban J connectivity index is 1.39. The highest BCUT2D eigenvalue weighted by Crippen LogP contribution is 2.40. The fraction of sp³-hybridized carbons (Fsp3) is 0.524. The average molecular weight is 413 g/mol. The van der Waals surface area contributed by atoms with Gasteiger partial charge in [-0.25, -0.2) is 4.98 Å². The molecule has 152 valence electrons. The number of hydrogen-bond acceptors (Lipinski definition) is 8. The molecule has 3 atom stereocenters. The summed E-state index contributed by atoms with van der Waals surface area (Å²) >= 11 is 1.57. The number of fused-ring (bicyclic) bond motifs is 3. The van der Waals surface area contributed by atoms with E-state index in [4.69, 9.17) is 14.1 Å². The second-order valence-electron chi connectivity index (χ2n) is 8.63. The van der Waals surface area contributed by atoms with Gasteiger partial charge in [-0.1, -0.05) is 6.07 Å². The van der Waals surface area contributed by atoms with E-state index in [9.17, 15) is 5.11 Å². The molecule has 1 aliphatic carbocycles. The molecule has 2 bridgehead atoms. The summed E-state index contributed by atoms with van der Waals surface area (Å²) in [5.74, 6) is 0. The van der Waals surface area contributed by atoms with Crippen LogP contribution in [-0.4, -0.2) is 52.5 Å². The number of benzene rings is 1.